The number of rotatable bonds is 8. The highest BCUT2D eigenvalue weighted by molar-refractivity contribution is 4.97. The summed E-state index contributed by atoms with van der Waals surface area (Å²) in [5.74, 6) is 0. The van der Waals surface area contributed by atoms with E-state index in [1.807, 2.05) is 17.8 Å². The van der Waals surface area contributed by atoms with Gasteiger partial charge in [-0.2, -0.15) is 5.10 Å². The van der Waals surface area contributed by atoms with Crippen LogP contribution in [0.25, 0.3) is 0 Å². The third kappa shape index (κ3) is 4.79. The molecule has 3 nitrogen and oxygen atoms in total. The molecule has 3 heteroatoms. The molecule has 0 fully saturated rings. The van der Waals surface area contributed by atoms with E-state index in [2.05, 4.69) is 29.3 Å². The molecule has 1 heterocycles. The lowest BCUT2D eigenvalue weighted by Gasteiger charge is -2.00. The fourth-order valence-corrected chi connectivity index (χ4v) is 1.54. The molecule has 1 rings (SSSR count). The molecule has 0 atom stereocenters. The van der Waals surface area contributed by atoms with Crippen molar-refractivity contribution in [2.75, 3.05) is 7.05 Å². The average Bonchev–Trinajstić information content (AvgIpc) is 2.66. The number of nitrogens with one attached hydrogen (secondary N) is 1. The minimum atomic E-state index is 0.851. The first kappa shape index (κ1) is 12.0. The molecule has 1 aromatic heterocycles. The van der Waals surface area contributed by atoms with E-state index in [0.717, 1.165) is 25.2 Å². The minimum Gasteiger partial charge on any atom is -0.314 e. The maximum atomic E-state index is 4.45. The first-order valence-electron chi connectivity index (χ1n) is 5.64. The van der Waals surface area contributed by atoms with Gasteiger partial charge in [0, 0.05) is 19.3 Å². The summed E-state index contributed by atoms with van der Waals surface area (Å²) in [6.07, 6.45) is 8.87. The Morgan fingerprint density at radius 2 is 2.33 bits per heavy atom. The van der Waals surface area contributed by atoms with Gasteiger partial charge in [-0.25, -0.2) is 0 Å². The van der Waals surface area contributed by atoms with Gasteiger partial charge in [-0.1, -0.05) is 12.5 Å². The highest BCUT2D eigenvalue weighted by Crippen LogP contribution is 2.03. The van der Waals surface area contributed by atoms with Crippen LogP contribution in [0.4, 0.5) is 0 Å². The van der Waals surface area contributed by atoms with Gasteiger partial charge in [-0.05, 0) is 32.4 Å². The summed E-state index contributed by atoms with van der Waals surface area (Å²) in [6.45, 7) is 5.60. The Hall–Kier alpha value is -1.09. The number of nitrogens with zero attached hydrogens (tertiary/aromatic N) is 2. The molecule has 0 saturated heterocycles. The van der Waals surface area contributed by atoms with Gasteiger partial charge >= 0.3 is 0 Å². The van der Waals surface area contributed by atoms with Crippen molar-refractivity contribution < 1.29 is 0 Å². The van der Waals surface area contributed by atoms with E-state index in [4.69, 9.17) is 0 Å². The fourth-order valence-electron chi connectivity index (χ4n) is 1.54. The Morgan fingerprint density at radius 1 is 1.47 bits per heavy atom. The van der Waals surface area contributed by atoms with Crippen molar-refractivity contribution in [3.05, 3.63) is 30.6 Å². The molecular formula is C12H21N3. The van der Waals surface area contributed by atoms with Gasteiger partial charge in [0.15, 0.2) is 0 Å². The van der Waals surface area contributed by atoms with Crippen molar-refractivity contribution in [2.24, 2.45) is 0 Å². The van der Waals surface area contributed by atoms with Crippen LogP contribution in [0.3, 0.4) is 0 Å². The van der Waals surface area contributed by atoms with Gasteiger partial charge < -0.3 is 5.32 Å². The first-order valence-corrected chi connectivity index (χ1v) is 5.64. The zero-order valence-electron chi connectivity index (χ0n) is 9.58. The standard InChI is InChI=1S/C12H21N3/c1-3-4-5-6-7-9-15-10-8-12(14-15)11-13-2/h3,8,10,13H,1,4-7,9,11H2,2H3. The highest BCUT2D eigenvalue weighted by atomic mass is 15.3. The third-order valence-electron chi connectivity index (χ3n) is 2.35. The van der Waals surface area contributed by atoms with Gasteiger partial charge in [0.25, 0.3) is 0 Å². The molecule has 0 aromatic carbocycles. The van der Waals surface area contributed by atoms with E-state index >= 15 is 0 Å². The summed E-state index contributed by atoms with van der Waals surface area (Å²) in [7, 11) is 1.94. The van der Waals surface area contributed by atoms with Crippen LogP contribution in [0.1, 0.15) is 31.4 Å². The lowest BCUT2D eigenvalue weighted by molar-refractivity contribution is 0.539. The number of aromatic nitrogens is 2. The summed E-state index contributed by atoms with van der Waals surface area (Å²) >= 11 is 0. The molecule has 0 aliphatic heterocycles. The lowest BCUT2D eigenvalue weighted by Crippen LogP contribution is -2.07. The molecule has 0 spiro atoms. The minimum absolute atomic E-state index is 0.851. The van der Waals surface area contributed by atoms with E-state index < -0.39 is 0 Å². The molecule has 15 heavy (non-hydrogen) atoms. The van der Waals surface area contributed by atoms with E-state index in [9.17, 15) is 0 Å². The predicted octanol–water partition coefficient (Wildman–Crippen LogP) is 2.35. The fraction of sp³-hybridized carbons (Fsp3) is 0.583. The summed E-state index contributed by atoms with van der Waals surface area (Å²) in [6, 6.07) is 2.07. The number of allylic oxidation sites excluding steroid dienone is 1. The summed E-state index contributed by atoms with van der Waals surface area (Å²) in [5.41, 5.74) is 1.11. The molecule has 0 saturated carbocycles. The number of hydrogen-bond acceptors (Lipinski definition) is 2. The molecule has 0 radical (unpaired) electrons. The van der Waals surface area contributed by atoms with Crippen molar-refractivity contribution in [1.82, 2.24) is 15.1 Å². The van der Waals surface area contributed by atoms with Crippen molar-refractivity contribution >= 4 is 0 Å². The zero-order chi connectivity index (χ0) is 10.9. The molecule has 1 aromatic rings. The maximum absolute atomic E-state index is 4.45. The van der Waals surface area contributed by atoms with Gasteiger partial charge in [-0.3, -0.25) is 4.68 Å². The zero-order valence-corrected chi connectivity index (χ0v) is 9.58. The third-order valence-corrected chi connectivity index (χ3v) is 2.35. The smallest absolute Gasteiger partial charge is 0.0762 e. The van der Waals surface area contributed by atoms with Gasteiger partial charge in [-0.15, -0.1) is 6.58 Å². The topological polar surface area (TPSA) is 29.9 Å². The van der Waals surface area contributed by atoms with Crippen LogP contribution in [-0.2, 0) is 13.1 Å². The second kappa shape index (κ2) is 7.23. The number of hydrogen-bond donors (Lipinski definition) is 1. The van der Waals surface area contributed by atoms with Crippen molar-refractivity contribution in [1.29, 1.82) is 0 Å². The number of aryl methyl sites for hydroxylation is 1. The van der Waals surface area contributed by atoms with Gasteiger partial charge in [0.2, 0.25) is 0 Å². The quantitative estimate of drug-likeness (QED) is 0.524. The Labute approximate surface area is 92.2 Å². The van der Waals surface area contributed by atoms with E-state index in [1.165, 1.54) is 19.3 Å². The lowest BCUT2D eigenvalue weighted by atomic mass is 10.2. The molecule has 0 amide bonds. The second-order valence-electron chi connectivity index (χ2n) is 3.74. The van der Waals surface area contributed by atoms with Crippen LogP contribution in [0.5, 0.6) is 0 Å². The van der Waals surface area contributed by atoms with E-state index in [0.29, 0.717) is 0 Å². The molecule has 1 N–H and O–H groups in total. The molecule has 0 unspecified atom stereocenters. The summed E-state index contributed by atoms with van der Waals surface area (Å²) < 4.78 is 2.03. The molecule has 0 aliphatic carbocycles. The van der Waals surface area contributed by atoms with Crippen LogP contribution >= 0.6 is 0 Å². The molecular weight excluding hydrogens is 186 g/mol. The van der Waals surface area contributed by atoms with Crippen molar-refractivity contribution in [2.45, 2.75) is 38.8 Å². The van der Waals surface area contributed by atoms with Crippen LogP contribution in [0, 0.1) is 0 Å². The van der Waals surface area contributed by atoms with E-state index in [-0.39, 0.29) is 0 Å². The van der Waals surface area contributed by atoms with Gasteiger partial charge in [0.05, 0.1) is 5.69 Å². The Kier molecular flexibility index (Phi) is 5.78. The monoisotopic (exact) mass is 207 g/mol. The second-order valence-corrected chi connectivity index (χ2v) is 3.74. The highest BCUT2D eigenvalue weighted by Gasteiger charge is 1.97. The molecule has 0 aliphatic rings. The SMILES string of the molecule is C=CCCCCCn1ccc(CNC)n1. The molecule has 0 bridgehead atoms. The van der Waals surface area contributed by atoms with E-state index in [1.54, 1.807) is 0 Å². The summed E-state index contributed by atoms with van der Waals surface area (Å²) in [5, 5.41) is 7.55. The van der Waals surface area contributed by atoms with Crippen LogP contribution in [-0.4, -0.2) is 16.8 Å². The number of unbranched alkanes of at least 4 members (excludes halogenated alkanes) is 3. The Balaban J connectivity index is 2.16. The Morgan fingerprint density at radius 3 is 3.07 bits per heavy atom. The normalized spacial score (nSPS) is 10.5. The van der Waals surface area contributed by atoms with Crippen LogP contribution in [0.15, 0.2) is 24.9 Å². The maximum Gasteiger partial charge on any atom is 0.0762 e. The summed E-state index contributed by atoms with van der Waals surface area (Å²) in [4.78, 5) is 0. The first-order chi connectivity index (χ1) is 7.36. The van der Waals surface area contributed by atoms with Crippen molar-refractivity contribution in [3.63, 3.8) is 0 Å². The average molecular weight is 207 g/mol. The van der Waals surface area contributed by atoms with Gasteiger partial charge in [0.1, 0.15) is 0 Å². The largest absolute Gasteiger partial charge is 0.314 e. The predicted molar refractivity (Wildman–Crippen MR) is 63.7 cm³/mol. The van der Waals surface area contributed by atoms with Crippen LogP contribution < -0.4 is 5.32 Å². The van der Waals surface area contributed by atoms with Crippen LogP contribution in [0.2, 0.25) is 0 Å². The van der Waals surface area contributed by atoms with Crippen molar-refractivity contribution in [3.8, 4) is 0 Å². The molecule has 84 valence electrons. The Bertz CT molecular complexity index is 278.